The Bertz CT molecular complexity index is 1390. The van der Waals surface area contributed by atoms with Gasteiger partial charge in [0.25, 0.3) is 0 Å². The van der Waals surface area contributed by atoms with Crippen molar-refractivity contribution < 1.29 is 63.3 Å². The van der Waals surface area contributed by atoms with E-state index >= 15 is 0 Å². The predicted molar refractivity (Wildman–Crippen MR) is 188 cm³/mol. The molecule has 0 aromatic rings. The number of carbonyl (C=O) groups excluding carboxylic acids is 8. The normalized spacial score (nSPS) is 15.5. The van der Waals surface area contributed by atoms with Crippen LogP contribution < -0.4 is 49.1 Å². The van der Waals surface area contributed by atoms with Gasteiger partial charge in [-0.15, -0.1) is 0 Å². The highest BCUT2D eigenvalue weighted by Gasteiger charge is 2.35. The summed E-state index contributed by atoms with van der Waals surface area (Å²) in [5, 5.41) is 42.6. The molecule has 0 bridgehead atoms. The molecule has 0 aliphatic heterocycles. The fourth-order valence-electron chi connectivity index (χ4n) is 4.71. The van der Waals surface area contributed by atoms with Crippen molar-refractivity contribution in [1.82, 2.24) is 31.9 Å². The Kier molecular flexibility index (Phi) is 21.0. The third-order valence-electron chi connectivity index (χ3n) is 7.75. The van der Waals surface area contributed by atoms with Gasteiger partial charge < -0.3 is 64.4 Å². The third kappa shape index (κ3) is 18.4. The lowest BCUT2D eigenvalue weighted by atomic mass is 10.0. The summed E-state index contributed by atoms with van der Waals surface area (Å²) < 4.78 is 0. The molecule has 0 radical (unpaired) electrons. The second-order valence-electron chi connectivity index (χ2n) is 13.6. The van der Waals surface area contributed by atoms with E-state index in [0.29, 0.717) is 0 Å². The van der Waals surface area contributed by atoms with Crippen LogP contribution in [-0.4, -0.2) is 123 Å². The van der Waals surface area contributed by atoms with Crippen molar-refractivity contribution in [2.75, 3.05) is 0 Å². The summed E-state index contributed by atoms with van der Waals surface area (Å²) >= 11 is 0. The van der Waals surface area contributed by atoms with Crippen molar-refractivity contribution in [3.63, 3.8) is 0 Å². The molecule has 22 nitrogen and oxygen atoms in total. The molecule has 0 aliphatic rings. The van der Waals surface area contributed by atoms with Crippen LogP contribution in [0.4, 0.5) is 0 Å². The van der Waals surface area contributed by atoms with Crippen molar-refractivity contribution in [1.29, 1.82) is 0 Å². The number of nitrogens with two attached hydrogens (primary N) is 3. The molecule has 0 aromatic heterocycles. The molecule has 0 fully saturated rings. The number of rotatable bonds is 25. The monoisotopic (exact) mass is 773 g/mol. The number of hydrogen-bond donors (Lipinski definition) is 12. The Morgan fingerprint density at radius 3 is 1.48 bits per heavy atom. The lowest BCUT2D eigenvalue weighted by molar-refractivity contribution is -0.144. The Morgan fingerprint density at radius 1 is 0.556 bits per heavy atom. The summed E-state index contributed by atoms with van der Waals surface area (Å²) in [4.78, 5) is 124. The van der Waals surface area contributed by atoms with Crippen molar-refractivity contribution in [3.05, 3.63) is 0 Å². The Hall–Kier alpha value is -5.38. The fourth-order valence-corrected chi connectivity index (χ4v) is 4.71. The third-order valence-corrected chi connectivity index (χ3v) is 7.75. The fraction of sp³-hybridized carbons (Fsp3) is 0.688. The van der Waals surface area contributed by atoms with Gasteiger partial charge in [0.15, 0.2) is 0 Å². The van der Waals surface area contributed by atoms with Crippen LogP contribution in [0.2, 0.25) is 0 Å². The second-order valence-corrected chi connectivity index (χ2v) is 13.6. The van der Waals surface area contributed by atoms with Crippen LogP contribution in [0.1, 0.15) is 80.1 Å². The molecule has 0 heterocycles. The summed E-state index contributed by atoms with van der Waals surface area (Å²) in [5.41, 5.74) is 16.1. The summed E-state index contributed by atoms with van der Waals surface area (Å²) in [6.45, 7) is 8.75. The lowest BCUT2D eigenvalue weighted by Gasteiger charge is -2.28. The van der Waals surface area contributed by atoms with E-state index in [2.05, 4.69) is 31.9 Å². The smallest absolute Gasteiger partial charge is 0.326 e. The van der Waals surface area contributed by atoms with E-state index in [1.165, 1.54) is 20.8 Å². The minimum Gasteiger partial charge on any atom is -0.481 e. The zero-order valence-corrected chi connectivity index (χ0v) is 31.2. The molecule has 0 spiro atoms. The van der Waals surface area contributed by atoms with Crippen LogP contribution in [-0.2, 0) is 47.9 Å². The number of nitrogens with one attached hydrogen (secondary N) is 6. The molecule has 15 N–H and O–H groups in total. The number of aliphatic hydroxyl groups excluding tert-OH is 1. The molecule has 0 saturated carbocycles. The lowest BCUT2D eigenvalue weighted by Crippen LogP contribution is -2.61. The van der Waals surface area contributed by atoms with E-state index in [4.69, 9.17) is 17.2 Å². The number of primary amides is 2. The Labute approximate surface area is 311 Å². The highest BCUT2D eigenvalue weighted by molar-refractivity contribution is 5.98. The van der Waals surface area contributed by atoms with Gasteiger partial charge in [-0.05, 0) is 44.9 Å². The molecular weight excluding hydrogens is 718 g/mol. The summed E-state index contributed by atoms with van der Waals surface area (Å²) in [6.07, 6.45) is -3.62. The number of carbonyl (C=O) groups is 10. The quantitative estimate of drug-likeness (QED) is 0.0416. The second kappa shape index (κ2) is 23.3. The molecule has 8 unspecified atom stereocenters. The highest BCUT2D eigenvalue weighted by Crippen LogP contribution is 2.09. The summed E-state index contributed by atoms with van der Waals surface area (Å²) in [7, 11) is 0. The van der Waals surface area contributed by atoms with Crippen molar-refractivity contribution in [3.8, 4) is 0 Å². The average molecular weight is 774 g/mol. The van der Waals surface area contributed by atoms with E-state index in [-0.39, 0.29) is 31.6 Å². The molecule has 0 aromatic carbocycles. The molecule has 0 rings (SSSR count). The minimum atomic E-state index is -1.75. The van der Waals surface area contributed by atoms with Crippen LogP contribution in [0, 0.1) is 11.8 Å². The van der Waals surface area contributed by atoms with Crippen LogP contribution >= 0.6 is 0 Å². The Morgan fingerprint density at radius 2 is 1.02 bits per heavy atom. The van der Waals surface area contributed by atoms with Crippen molar-refractivity contribution in [2.45, 2.75) is 128 Å². The molecular formula is C32H55N9O13. The number of aliphatic hydroxyl groups is 1. The van der Waals surface area contributed by atoms with Crippen molar-refractivity contribution >= 4 is 59.2 Å². The zero-order chi connectivity index (χ0) is 42.0. The summed E-state index contributed by atoms with van der Waals surface area (Å²) in [6, 6.07) is -10.4. The average Bonchev–Trinajstić information content (AvgIpc) is 3.04. The van der Waals surface area contributed by atoms with Crippen LogP contribution in [0.5, 0.6) is 0 Å². The van der Waals surface area contributed by atoms with Gasteiger partial charge in [-0.3, -0.25) is 43.2 Å². The molecule has 0 aliphatic carbocycles. The van der Waals surface area contributed by atoms with E-state index < -0.39 is 126 Å². The van der Waals surface area contributed by atoms with Crippen LogP contribution in [0.25, 0.3) is 0 Å². The molecule has 306 valence electrons. The topological polar surface area (TPSA) is 382 Å². The zero-order valence-electron chi connectivity index (χ0n) is 31.2. The first-order valence-electron chi connectivity index (χ1n) is 17.1. The number of hydrogen-bond acceptors (Lipinski definition) is 12. The van der Waals surface area contributed by atoms with E-state index in [1.807, 2.05) is 0 Å². The van der Waals surface area contributed by atoms with Gasteiger partial charge in [0.1, 0.15) is 36.3 Å². The van der Waals surface area contributed by atoms with Gasteiger partial charge in [-0.1, -0.05) is 27.7 Å². The highest BCUT2D eigenvalue weighted by atomic mass is 16.4. The van der Waals surface area contributed by atoms with E-state index in [1.54, 1.807) is 13.8 Å². The van der Waals surface area contributed by atoms with Gasteiger partial charge in [-0.25, -0.2) is 4.79 Å². The SMILES string of the molecule is CC(C)CC(NC(=O)C(NC(=O)C(N)CCC(N)=O)C(C)O)C(=O)NC(CCC(N)=O)C(=O)NC(C)C(=O)NC(CC(=O)O)C(=O)NC(C(=O)O)C(C)C. The Balaban J connectivity index is 6.05. The van der Waals surface area contributed by atoms with E-state index in [0.717, 1.165) is 6.92 Å². The number of carboxylic acid groups (broad SMARTS) is 2. The van der Waals surface area contributed by atoms with Crippen LogP contribution in [0.3, 0.4) is 0 Å². The van der Waals surface area contributed by atoms with Crippen LogP contribution in [0.15, 0.2) is 0 Å². The maximum Gasteiger partial charge on any atom is 0.326 e. The maximum atomic E-state index is 13.5. The standard InChI is InChI=1S/C32H55N9O13/c1-13(2)11-19(39-31(52)25(16(6)42)41-27(48)17(33)7-9-21(34)43)29(50)37-18(8-10-22(35)44)28(49)36-15(5)26(47)38-20(12-23(45)46)30(51)40-24(14(3)4)32(53)54/h13-20,24-25,42H,7-12,33H2,1-6H3,(H2,34,43)(H2,35,44)(H,36,49)(H,37,50)(H,38,47)(H,39,52)(H,40,51)(H,41,48)(H,45,46)(H,53,54). The number of carboxylic acids is 2. The molecule has 54 heavy (non-hydrogen) atoms. The van der Waals surface area contributed by atoms with Gasteiger partial charge in [0.05, 0.1) is 18.6 Å². The number of aliphatic carboxylic acids is 2. The molecule has 0 saturated heterocycles. The van der Waals surface area contributed by atoms with Gasteiger partial charge in [0.2, 0.25) is 47.3 Å². The molecule has 8 atom stereocenters. The van der Waals surface area contributed by atoms with Gasteiger partial charge in [-0.2, -0.15) is 0 Å². The van der Waals surface area contributed by atoms with Crippen molar-refractivity contribution in [2.24, 2.45) is 29.0 Å². The van der Waals surface area contributed by atoms with E-state index in [9.17, 15) is 63.3 Å². The first kappa shape index (κ1) is 48.6. The van der Waals surface area contributed by atoms with Gasteiger partial charge >= 0.3 is 11.9 Å². The first-order valence-corrected chi connectivity index (χ1v) is 17.1. The first-order chi connectivity index (χ1) is 24.9. The maximum absolute atomic E-state index is 13.5. The largest absolute Gasteiger partial charge is 0.481 e. The predicted octanol–water partition coefficient (Wildman–Crippen LogP) is -4.58. The minimum absolute atomic E-state index is 0.0221. The molecule has 8 amide bonds. The number of amides is 8. The summed E-state index contributed by atoms with van der Waals surface area (Å²) in [5.74, 6) is -11.4. The van der Waals surface area contributed by atoms with Gasteiger partial charge in [0, 0.05) is 12.8 Å². The molecule has 22 heteroatoms.